The van der Waals surface area contributed by atoms with Crippen molar-refractivity contribution in [3.8, 4) is 0 Å². The first-order valence-electron chi connectivity index (χ1n) is 7.99. The molecule has 1 aromatic rings. The fraction of sp³-hybridized carbons (Fsp3) is 0.500. The molecule has 112 valence electrons. The number of nitrogens with one attached hydrogen (secondary N) is 1. The molecule has 0 unspecified atom stereocenters. The Morgan fingerprint density at radius 2 is 1.67 bits per heavy atom. The van der Waals surface area contributed by atoms with Gasteiger partial charge in [0, 0.05) is 18.8 Å². The largest absolute Gasteiger partial charge is 0.371 e. The van der Waals surface area contributed by atoms with E-state index in [9.17, 15) is 4.79 Å². The van der Waals surface area contributed by atoms with Crippen molar-refractivity contribution < 1.29 is 4.79 Å². The number of rotatable bonds is 3. The van der Waals surface area contributed by atoms with Crippen LogP contribution in [0, 0.1) is 6.92 Å². The quantitative estimate of drug-likeness (QED) is 0.862. The zero-order valence-corrected chi connectivity index (χ0v) is 12.8. The maximum absolute atomic E-state index is 13.0. The van der Waals surface area contributed by atoms with E-state index < -0.39 is 5.54 Å². The van der Waals surface area contributed by atoms with Gasteiger partial charge in [-0.05, 0) is 31.9 Å². The molecule has 0 aromatic heterocycles. The molecule has 21 heavy (non-hydrogen) atoms. The molecule has 3 rings (SSSR count). The molecule has 1 aliphatic carbocycles. The van der Waals surface area contributed by atoms with E-state index in [4.69, 9.17) is 0 Å². The third kappa shape index (κ3) is 2.97. The minimum atomic E-state index is -0.403. The van der Waals surface area contributed by atoms with E-state index in [1.54, 1.807) is 0 Å². The first-order valence-corrected chi connectivity index (χ1v) is 7.99. The number of aryl methyl sites for hydroxylation is 1. The molecule has 2 aliphatic rings. The number of hydrogen-bond donors (Lipinski definition) is 1. The van der Waals surface area contributed by atoms with Gasteiger partial charge in [-0.1, -0.05) is 49.1 Å². The minimum Gasteiger partial charge on any atom is -0.371 e. The van der Waals surface area contributed by atoms with Gasteiger partial charge in [-0.2, -0.15) is 0 Å². The van der Waals surface area contributed by atoms with Crippen LogP contribution in [0.15, 0.2) is 36.4 Å². The van der Waals surface area contributed by atoms with Crippen LogP contribution >= 0.6 is 0 Å². The van der Waals surface area contributed by atoms with Crippen LogP contribution < -0.4 is 5.32 Å². The SMILES string of the molecule is Cc1ccc(NC2(C(=O)N3CC=CC3)CCCCC2)cc1. The highest BCUT2D eigenvalue weighted by molar-refractivity contribution is 5.90. The van der Waals surface area contributed by atoms with Crippen molar-refractivity contribution in [3.05, 3.63) is 42.0 Å². The van der Waals surface area contributed by atoms with Gasteiger partial charge in [-0.25, -0.2) is 0 Å². The summed E-state index contributed by atoms with van der Waals surface area (Å²) in [6.07, 6.45) is 9.55. The molecule has 1 N–H and O–H groups in total. The second-order valence-corrected chi connectivity index (χ2v) is 6.32. The van der Waals surface area contributed by atoms with E-state index in [1.165, 1.54) is 12.0 Å². The van der Waals surface area contributed by atoms with E-state index >= 15 is 0 Å². The summed E-state index contributed by atoms with van der Waals surface area (Å²) in [5.74, 6) is 0.271. The van der Waals surface area contributed by atoms with E-state index in [0.717, 1.165) is 44.5 Å². The number of carbonyl (C=O) groups excluding carboxylic acids is 1. The van der Waals surface area contributed by atoms with Crippen molar-refractivity contribution >= 4 is 11.6 Å². The molecule has 0 saturated heterocycles. The highest BCUT2D eigenvalue weighted by atomic mass is 16.2. The minimum absolute atomic E-state index is 0.271. The van der Waals surface area contributed by atoms with E-state index in [2.05, 4.69) is 48.7 Å². The highest BCUT2D eigenvalue weighted by Gasteiger charge is 2.42. The van der Waals surface area contributed by atoms with Gasteiger partial charge in [0.15, 0.2) is 0 Å². The van der Waals surface area contributed by atoms with Crippen molar-refractivity contribution in [1.82, 2.24) is 4.90 Å². The average molecular weight is 284 g/mol. The molecule has 0 radical (unpaired) electrons. The molecule has 3 heteroatoms. The summed E-state index contributed by atoms with van der Waals surface area (Å²) in [4.78, 5) is 15.0. The molecule has 1 amide bonds. The van der Waals surface area contributed by atoms with Gasteiger partial charge >= 0.3 is 0 Å². The van der Waals surface area contributed by atoms with Crippen LogP contribution in [-0.2, 0) is 4.79 Å². The Balaban J connectivity index is 1.82. The van der Waals surface area contributed by atoms with Crippen LogP contribution in [0.5, 0.6) is 0 Å². The van der Waals surface area contributed by atoms with E-state index in [1.807, 2.05) is 4.90 Å². The van der Waals surface area contributed by atoms with Crippen LogP contribution in [-0.4, -0.2) is 29.4 Å². The Kier molecular flexibility index (Phi) is 4.00. The molecule has 0 bridgehead atoms. The molecule has 1 saturated carbocycles. The standard InChI is InChI=1S/C18H24N2O/c1-15-7-9-16(10-8-15)19-18(11-3-2-4-12-18)17(21)20-13-5-6-14-20/h5-10,19H,2-4,11-14H2,1H3. The van der Waals surface area contributed by atoms with E-state index in [0.29, 0.717) is 0 Å². The van der Waals surface area contributed by atoms with Crippen molar-refractivity contribution in [2.75, 3.05) is 18.4 Å². The third-order valence-corrected chi connectivity index (χ3v) is 4.66. The number of anilines is 1. The van der Waals surface area contributed by atoms with Crippen LogP contribution in [0.3, 0.4) is 0 Å². The molecule has 0 spiro atoms. The summed E-state index contributed by atoms with van der Waals surface area (Å²) >= 11 is 0. The smallest absolute Gasteiger partial charge is 0.248 e. The summed E-state index contributed by atoms with van der Waals surface area (Å²) in [5, 5.41) is 3.58. The number of amides is 1. The van der Waals surface area contributed by atoms with Gasteiger partial charge in [-0.15, -0.1) is 0 Å². The zero-order valence-electron chi connectivity index (χ0n) is 12.8. The predicted molar refractivity (Wildman–Crippen MR) is 86.3 cm³/mol. The number of carbonyl (C=O) groups is 1. The Hall–Kier alpha value is -1.77. The van der Waals surface area contributed by atoms with Crippen molar-refractivity contribution in [3.63, 3.8) is 0 Å². The summed E-state index contributed by atoms with van der Waals surface area (Å²) in [7, 11) is 0. The van der Waals surface area contributed by atoms with Crippen LogP contribution in [0.2, 0.25) is 0 Å². The molecular weight excluding hydrogens is 260 g/mol. The summed E-state index contributed by atoms with van der Waals surface area (Å²) < 4.78 is 0. The number of benzene rings is 1. The van der Waals surface area contributed by atoms with Gasteiger partial charge in [0.25, 0.3) is 0 Å². The summed E-state index contributed by atoms with van der Waals surface area (Å²) in [6, 6.07) is 8.36. The number of nitrogens with zero attached hydrogens (tertiary/aromatic N) is 1. The first-order chi connectivity index (χ1) is 10.2. The molecule has 1 aromatic carbocycles. The maximum atomic E-state index is 13.0. The third-order valence-electron chi connectivity index (χ3n) is 4.66. The summed E-state index contributed by atoms with van der Waals surface area (Å²) in [5.41, 5.74) is 1.90. The lowest BCUT2D eigenvalue weighted by Gasteiger charge is -2.40. The lowest BCUT2D eigenvalue weighted by atomic mass is 9.80. The lowest BCUT2D eigenvalue weighted by Crippen LogP contribution is -2.54. The predicted octanol–water partition coefficient (Wildman–Crippen LogP) is 3.51. The van der Waals surface area contributed by atoms with Crippen molar-refractivity contribution in [2.45, 2.75) is 44.6 Å². The summed E-state index contributed by atoms with van der Waals surface area (Å²) in [6.45, 7) is 3.60. The average Bonchev–Trinajstić information content (AvgIpc) is 3.04. The van der Waals surface area contributed by atoms with Gasteiger partial charge in [0.2, 0.25) is 5.91 Å². The molecule has 1 fully saturated rings. The van der Waals surface area contributed by atoms with Gasteiger partial charge in [-0.3, -0.25) is 4.79 Å². The lowest BCUT2D eigenvalue weighted by molar-refractivity contribution is -0.135. The highest BCUT2D eigenvalue weighted by Crippen LogP contribution is 2.34. The fourth-order valence-corrected chi connectivity index (χ4v) is 3.41. The number of hydrogen-bond acceptors (Lipinski definition) is 2. The molecule has 0 atom stereocenters. The second-order valence-electron chi connectivity index (χ2n) is 6.32. The Labute approximate surface area is 127 Å². The van der Waals surface area contributed by atoms with Crippen molar-refractivity contribution in [2.24, 2.45) is 0 Å². The molecular formula is C18H24N2O. The normalized spacial score (nSPS) is 20.5. The van der Waals surface area contributed by atoms with E-state index in [-0.39, 0.29) is 5.91 Å². The fourth-order valence-electron chi connectivity index (χ4n) is 3.41. The Bertz CT molecular complexity index is 519. The van der Waals surface area contributed by atoms with Gasteiger partial charge in [0.1, 0.15) is 5.54 Å². The molecule has 3 nitrogen and oxygen atoms in total. The van der Waals surface area contributed by atoms with Gasteiger partial charge < -0.3 is 10.2 Å². The Morgan fingerprint density at radius 3 is 2.29 bits per heavy atom. The second kappa shape index (κ2) is 5.92. The van der Waals surface area contributed by atoms with Crippen LogP contribution in [0.4, 0.5) is 5.69 Å². The van der Waals surface area contributed by atoms with Crippen molar-refractivity contribution in [1.29, 1.82) is 0 Å². The topological polar surface area (TPSA) is 32.3 Å². The molecule has 1 heterocycles. The zero-order chi connectivity index (χ0) is 14.7. The van der Waals surface area contributed by atoms with Crippen LogP contribution in [0.25, 0.3) is 0 Å². The monoisotopic (exact) mass is 284 g/mol. The first kappa shape index (κ1) is 14.2. The van der Waals surface area contributed by atoms with Crippen LogP contribution in [0.1, 0.15) is 37.7 Å². The Morgan fingerprint density at radius 1 is 1.05 bits per heavy atom. The molecule has 1 aliphatic heterocycles. The maximum Gasteiger partial charge on any atom is 0.248 e. The van der Waals surface area contributed by atoms with Gasteiger partial charge in [0.05, 0.1) is 0 Å².